The molecule has 0 radical (unpaired) electrons. The summed E-state index contributed by atoms with van der Waals surface area (Å²) in [5.41, 5.74) is 6.86. The van der Waals surface area contributed by atoms with E-state index in [2.05, 4.69) is 0 Å². The van der Waals surface area contributed by atoms with Crippen LogP contribution in [-0.4, -0.2) is 26.3 Å². The number of ether oxygens (including phenoxy) is 1. The van der Waals surface area contributed by atoms with Gasteiger partial charge in [0.05, 0.1) is 12.6 Å². The van der Waals surface area contributed by atoms with Crippen molar-refractivity contribution >= 4 is 11.4 Å². The highest BCUT2D eigenvalue weighted by atomic mass is 19.1. The zero-order chi connectivity index (χ0) is 10.8. The van der Waals surface area contributed by atoms with Crippen LogP contribution < -0.4 is 10.6 Å². The molecule has 3 nitrogen and oxygen atoms in total. The summed E-state index contributed by atoms with van der Waals surface area (Å²) in [6, 6.07) is 4.92. The van der Waals surface area contributed by atoms with Gasteiger partial charge >= 0.3 is 0 Å². The summed E-state index contributed by atoms with van der Waals surface area (Å²) < 4.78 is 18.4. The van der Waals surface area contributed by atoms with E-state index < -0.39 is 0 Å². The molecule has 82 valence electrons. The fourth-order valence-corrected chi connectivity index (χ4v) is 1.84. The van der Waals surface area contributed by atoms with E-state index in [9.17, 15) is 4.39 Å². The number of hydrogen-bond donors (Lipinski definition) is 1. The number of halogens is 1. The molecule has 1 aliphatic rings. The molecule has 1 atom stereocenters. The molecule has 1 aromatic carbocycles. The summed E-state index contributed by atoms with van der Waals surface area (Å²) in [6.45, 7) is 1.48. The molecule has 0 bridgehead atoms. The van der Waals surface area contributed by atoms with Crippen LogP contribution in [0.3, 0.4) is 0 Å². The standard InChI is InChI=1S/C11H15FN2O/c1-14(10-2-3-15-7-10)11-5-8(12)4-9(13)6-11/h4-6,10H,2-3,7,13H2,1H3. The maximum absolute atomic E-state index is 13.1. The van der Waals surface area contributed by atoms with Crippen molar-refractivity contribution in [2.45, 2.75) is 12.5 Å². The number of nitrogens with zero attached hydrogens (tertiary/aromatic N) is 1. The molecule has 0 saturated carbocycles. The third-order valence-corrected chi connectivity index (χ3v) is 2.77. The van der Waals surface area contributed by atoms with Gasteiger partial charge in [0.1, 0.15) is 5.82 Å². The Kier molecular flexibility index (Phi) is 2.77. The van der Waals surface area contributed by atoms with Gasteiger partial charge in [0, 0.05) is 25.0 Å². The summed E-state index contributed by atoms with van der Waals surface area (Å²) in [5, 5.41) is 0. The highest BCUT2D eigenvalue weighted by Crippen LogP contribution is 2.23. The van der Waals surface area contributed by atoms with Crippen LogP contribution in [0.4, 0.5) is 15.8 Å². The van der Waals surface area contributed by atoms with E-state index in [4.69, 9.17) is 10.5 Å². The van der Waals surface area contributed by atoms with Crippen molar-refractivity contribution < 1.29 is 9.13 Å². The van der Waals surface area contributed by atoms with E-state index in [1.165, 1.54) is 12.1 Å². The molecule has 1 heterocycles. The molecule has 1 aromatic rings. The SMILES string of the molecule is CN(c1cc(N)cc(F)c1)C1CCOC1. The minimum atomic E-state index is -0.296. The molecule has 0 spiro atoms. The average Bonchev–Trinajstić information content (AvgIpc) is 2.67. The first-order valence-corrected chi connectivity index (χ1v) is 5.03. The zero-order valence-electron chi connectivity index (χ0n) is 8.74. The summed E-state index contributed by atoms with van der Waals surface area (Å²) >= 11 is 0. The predicted octanol–water partition coefficient (Wildman–Crippen LogP) is 1.63. The Bertz CT molecular complexity index is 330. The second-order valence-electron chi connectivity index (χ2n) is 3.87. The Morgan fingerprint density at radius 1 is 1.47 bits per heavy atom. The lowest BCUT2D eigenvalue weighted by Crippen LogP contribution is -2.31. The molecule has 0 aliphatic carbocycles. The molecule has 15 heavy (non-hydrogen) atoms. The highest BCUT2D eigenvalue weighted by molar-refractivity contribution is 5.56. The molecule has 4 heteroatoms. The molecule has 0 aromatic heterocycles. The van der Waals surface area contributed by atoms with Gasteiger partial charge in [-0.1, -0.05) is 0 Å². The van der Waals surface area contributed by atoms with Gasteiger partial charge in [-0.3, -0.25) is 0 Å². The van der Waals surface area contributed by atoms with E-state index in [0.29, 0.717) is 18.3 Å². The summed E-state index contributed by atoms with van der Waals surface area (Å²) in [5.74, 6) is -0.296. The van der Waals surface area contributed by atoms with Gasteiger partial charge in [-0.2, -0.15) is 0 Å². The Hall–Kier alpha value is -1.29. The largest absolute Gasteiger partial charge is 0.399 e. The molecule has 2 rings (SSSR count). The van der Waals surface area contributed by atoms with E-state index >= 15 is 0 Å². The normalized spacial score (nSPS) is 20.5. The third-order valence-electron chi connectivity index (χ3n) is 2.77. The van der Waals surface area contributed by atoms with Gasteiger partial charge in [0.25, 0.3) is 0 Å². The maximum atomic E-state index is 13.1. The van der Waals surface area contributed by atoms with Crippen molar-refractivity contribution in [1.82, 2.24) is 0 Å². The first kappa shape index (κ1) is 10.2. The van der Waals surface area contributed by atoms with Gasteiger partial charge in [-0.15, -0.1) is 0 Å². The van der Waals surface area contributed by atoms with Gasteiger partial charge in [-0.25, -0.2) is 4.39 Å². The number of benzene rings is 1. The smallest absolute Gasteiger partial charge is 0.127 e. The minimum absolute atomic E-state index is 0.296. The van der Waals surface area contributed by atoms with Gasteiger partial charge in [0.2, 0.25) is 0 Å². The Morgan fingerprint density at radius 2 is 2.27 bits per heavy atom. The third kappa shape index (κ3) is 2.21. The predicted molar refractivity (Wildman–Crippen MR) is 58.4 cm³/mol. The number of nitrogen functional groups attached to an aromatic ring is 1. The van der Waals surface area contributed by atoms with Gasteiger partial charge in [0.15, 0.2) is 0 Å². The molecule has 1 aliphatic heterocycles. The Morgan fingerprint density at radius 3 is 2.87 bits per heavy atom. The molecular formula is C11H15FN2O. The lowest BCUT2D eigenvalue weighted by Gasteiger charge is -2.25. The highest BCUT2D eigenvalue weighted by Gasteiger charge is 2.20. The fourth-order valence-electron chi connectivity index (χ4n) is 1.84. The molecule has 1 unspecified atom stereocenters. The molecule has 2 N–H and O–H groups in total. The van der Waals surface area contributed by atoms with Gasteiger partial charge < -0.3 is 15.4 Å². The van der Waals surface area contributed by atoms with Crippen molar-refractivity contribution in [3.05, 3.63) is 24.0 Å². The van der Waals surface area contributed by atoms with E-state index in [0.717, 1.165) is 18.7 Å². The summed E-state index contributed by atoms with van der Waals surface area (Å²) in [6.07, 6.45) is 0.979. The Labute approximate surface area is 88.6 Å². The molecule has 1 saturated heterocycles. The first-order valence-electron chi connectivity index (χ1n) is 5.03. The number of nitrogens with two attached hydrogens (primary N) is 1. The van der Waals surface area contributed by atoms with E-state index in [1.54, 1.807) is 6.07 Å². The van der Waals surface area contributed by atoms with Crippen molar-refractivity contribution in [1.29, 1.82) is 0 Å². The van der Waals surface area contributed by atoms with Crippen LogP contribution >= 0.6 is 0 Å². The van der Waals surface area contributed by atoms with Crippen molar-refractivity contribution in [3.8, 4) is 0 Å². The Balaban J connectivity index is 2.20. The van der Waals surface area contributed by atoms with Crippen LogP contribution in [0.25, 0.3) is 0 Å². The second kappa shape index (κ2) is 4.06. The second-order valence-corrected chi connectivity index (χ2v) is 3.87. The van der Waals surface area contributed by atoms with Crippen molar-refractivity contribution in [3.63, 3.8) is 0 Å². The monoisotopic (exact) mass is 210 g/mol. The maximum Gasteiger partial charge on any atom is 0.127 e. The minimum Gasteiger partial charge on any atom is -0.399 e. The summed E-state index contributed by atoms with van der Waals surface area (Å²) in [4.78, 5) is 2.02. The molecule has 1 fully saturated rings. The fraction of sp³-hybridized carbons (Fsp3) is 0.455. The van der Waals surface area contributed by atoms with Crippen molar-refractivity contribution in [2.24, 2.45) is 0 Å². The van der Waals surface area contributed by atoms with Crippen LogP contribution in [-0.2, 0) is 4.74 Å². The molecule has 0 amide bonds. The summed E-state index contributed by atoms with van der Waals surface area (Å²) in [7, 11) is 1.94. The van der Waals surface area contributed by atoms with Crippen molar-refractivity contribution in [2.75, 3.05) is 30.9 Å². The van der Waals surface area contributed by atoms with Crippen LogP contribution in [0.5, 0.6) is 0 Å². The molecular weight excluding hydrogens is 195 g/mol. The van der Waals surface area contributed by atoms with Crippen LogP contribution in [0.15, 0.2) is 18.2 Å². The number of rotatable bonds is 2. The number of anilines is 2. The quantitative estimate of drug-likeness (QED) is 0.754. The topological polar surface area (TPSA) is 38.5 Å². The lowest BCUT2D eigenvalue weighted by molar-refractivity contribution is 0.193. The van der Waals surface area contributed by atoms with E-state index in [-0.39, 0.29) is 5.82 Å². The van der Waals surface area contributed by atoms with Gasteiger partial charge in [-0.05, 0) is 24.6 Å². The lowest BCUT2D eigenvalue weighted by atomic mass is 10.2. The number of hydrogen-bond acceptors (Lipinski definition) is 3. The van der Waals surface area contributed by atoms with Crippen LogP contribution in [0, 0.1) is 5.82 Å². The zero-order valence-corrected chi connectivity index (χ0v) is 8.74. The first-order chi connectivity index (χ1) is 7.16. The van der Waals surface area contributed by atoms with E-state index in [1.807, 2.05) is 11.9 Å². The van der Waals surface area contributed by atoms with Crippen LogP contribution in [0.1, 0.15) is 6.42 Å². The number of likely N-dealkylation sites (N-methyl/N-ethyl adjacent to an activating group) is 1. The average molecular weight is 210 g/mol. The van der Waals surface area contributed by atoms with Crippen LogP contribution in [0.2, 0.25) is 0 Å².